The molecule has 0 heterocycles. The Labute approximate surface area is 211 Å². The van der Waals surface area contributed by atoms with Gasteiger partial charge in [0.25, 0.3) is 0 Å². The Balaban J connectivity index is 4.97. The van der Waals surface area contributed by atoms with E-state index in [1.54, 1.807) is 12.2 Å². The van der Waals surface area contributed by atoms with Crippen LogP contribution in [0.4, 0.5) is 0 Å². The first-order chi connectivity index (χ1) is 16.4. The third-order valence-electron chi connectivity index (χ3n) is 7.28. The number of ether oxygens (including phenoxy) is 3. The molecule has 3 unspecified atom stereocenters. The van der Waals surface area contributed by atoms with E-state index >= 15 is 0 Å². The average Bonchev–Trinajstić information content (AvgIpc) is 2.85. The minimum Gasteiger partial charge on any atom is -0.465 e. The molecule has 34 heavy (non-hydrogen) atoms. The van der Waals surface area contributed by atoms with Crippen molar-refractivity contribution in [2.75, 3.05) is 33.0 Å². The van der Waals surface area contributed by atoms with E-state index in [0.29, 0.717) is 39.0 Å². The molecule has 0 aromatic heterocycles. The maximum absolute atomic E-state index is 13.2. The largest absolute Gasteiger partial charge is 0.465 e. The second-order valence-corrected chi connectivity index (χ2v) is 10.4. The first-order valence-corrected chi connectivity index (χ1v) is 13.9. The van der Waals surface area contributed by atoms with Crippen LogP contribution in [0.2, 0.25) is 0 Å². The number of hydrogen-bond donors (Lipinski definition) is 0. The van der Waals surface area contributed by atoms with E-state index in [1.165, 1.54) is 38.5 Å². The summed E-state index contributed by atoms with van der Waals surface area (Å²) < 4.78 is 17.5. The van der Waals surface area contributed by atoms with Gasteiger partial charge in [-0.3, -0.25) is 4.79 Å². The molecule has 0 aliphatic carbocycles. The van der Waals surface area contributed by atoms with Gasteiger partial charge in [-0.15, -0.1) is 13.2 Å². The molecule has 0 amide bonds. The molecule has 0 radical (unpaired) electrons. The summed E-state index contributed by atoms with van der Waals surface area (Å²) in [7, 11) is 0. The second-order valence-electron chi connectivity index (χ2n) is 10.4. The van der Waals surface area contributed by atoms with Gasteiger partial charge < -0.3 is 14.2 Å². The van der Waals surface area contributed by atoms with E-state index in [2.05, 4.69) is 47.8 Å². The first-order valence-electron chi connectivity index (χ1n) is 13.9. The zero-order valence-corrected chi connectivity index (χ0v) is 23.2. The van der Waals surface area contributed by atoms with E-state index in [0.717, 1.165) is 38.0 Å². The molecule has 3 atom stereocenters. The lowest BCUT2D eigenvalue weighted by Gasteiger charge is -2.32. The topological polar surface area (TPSA) is 44.8 Å². The molecule has 0 spiro atoms. The van der Waals surface area contributed by atoms with Crippen LogP contribution in [0.3, 0.4) is 0 Å². The molecule has 0 saturated heterocycles. The zero-order valence-electron chi connectivity index (χ0n) is 23.2. The average molecular weight is 481 g/mol. The maximum Gasteiger partial charge on any atom is 0.308 e. The monoisotopic (exact) mass is 480 g/mol. The number of esters is 1. The summed E-state index contributed by atoms with van der Waals surface area (Å²) in [5.41, 5.74) is -0.348. The van der Waals surface area contributed by atoms with Crippen LogP contribution >= 0.6 is 0 Å². The predicted molar refractivity (Wildman–Crippen MR) is 145 cm³/mol. The fraction of sp³-hybridized carbons (Fsp3) is 0.833. The lowest BCUT2D eigenvalue weighted by molar-refractivity contribution is -0.156. The maximum atomic E-state index is 13.2. The number of carbonyl (C=O) groups excluding carboxylic acids is 1. The Bertz CT molecular complexity index is 502. The van der Waals surface area contributed by atoms with Gasteiger partial charge in [0.05, 0.1) is 37.8 Å². The molecule has 0 aromatic carbocycles. The molecule has 0 bridgehead atoms. The number of rotatable bonds is 24. The van der Waals surface area contributed by atoms with Crippen molar-refractivity contribution < 1.29 is 19.0 Å². The quantitative estimate of drug-likeness (QED) is 0.0794. The Morgan fingerprint density at radius 2 is 1.26 bits per heavy atom. The van der Waals surface area contributed by atoms with E-state index in [-0.39, 0.29) is 17.3 Å². The Morgan fingerprint density at radius 1 is 0.765 bits per heavy atom. The van der Waals surface area contributed by atoms with Crippen molar-refractivity contribution in [1.82, 2.24) is 0 Å². The zero-order chi connectivity index (χ0) is 25.7. The minimum atomic E-state index is -0.348. The third-order valence-corrected chi connectivity index (χ3v) is 7.28. The van der Waals surface area contributed by atoms with Crippen LogP contribution in [0.25, 0.3) is 0 Å². The van der Waals surface area contributed by atoms with Gasteiger partial charge in [0, 0.05) is 0 Å². The van der Waals surface area contributed by atoms with Gasteiger partial charge in [-0.05, 0) is 31.1 Å². The molecule has 0 aromatic rings. The summed E-state index contributed by atoms with van der Waals surface area (Å²) >= 11 is 0. The van der Waals surface area contributed by atoms with Crippen LogP contribution in [-0.2, 0) is 19.0 Å². The highest BCUT2D eigenvalue weighted by Gasteiger charge is 2.32. The third kappa shape index (κ3) is 15.7. The first kappa shape index (κ1) is 32.9. The lowest BCUT2D eigenvalue weighted by Crippen LogP contribution is -2.38. The molecule has 0 N–H and O–H groups in total. The summed E-state index contributed by atoms with van der Waals surface area (Å²) in [6.45, 7) is 20.9. The summed E-state index contributed by atoms with van der Waals surface area (Å²) in [6, 6.07) is 0. The van der Waals surface area contributed by atoms with Crippen LogP contribution in [0.15, 0.2) is 25.3 Å². The molecule has 4 heteroatoms. The summed E-state index contributed by atoms with van der Waals surface area (Å²) in [5, 5.41) is 0. The molecular formula is C30H56O4. The second kappa shape index (κ2) is 21.2. The molecule has 0 rings (SSSR count). The normalized spacial score (nSPS) is 14.4. The van der Waals surface area contributed by atoms with Gasteiger partial charge in [0.1, 0.15) is 6.61 Å². The van der Waals surface area contributed by atoms with E-state index < -0.39 is 0 Å². The van der Waals surface area contributed by atoms with Crippen molar-refractivity contribution in [3.63, 3.8) is 0 Å². The Kier molecular flexibility index (Phi) is 20.5. The highest BCUT2D eigenvalue weighted by molar-refractivity contribution is 5.72. The van der Waals surface area contributed by atoms with E-state index in [9.17, 15) is 4.79 Å². The molecule has 200 valence electrons. The molecular weight excluding hydrogens is 424 g/mol. The van der Waals surface area contributed by atoms with Crippen molar-refractivity contribution in [3.8, 4) is 0 Å². The predicted octanol–water partition coefficient (Wildman–Crippen LogP) is 8.16. The SMILES string of the molecule is C=CCOCC(CC)(COCC=C)COC(=O)C(CCCCCC(C)CC)CCCC(C)CC. The summed E-state index contributed by atoms with van der Waals surface area (Å²) in [5.74, 6) is 1.45. The number of hydrogen-bond acceptors (Lipinski definition) is 4. The fourth-order valence-corrected chi connectivity index (χ4v) is 4.05. The van der Waals surface area contributed by atoms with E-state index in [1.807, 2.05) is 0 Å². The van der Waals surface area contributed by atoms with Crippen molar-refractivity contribution in [1.29, 1.82) is 0 Å². The van der Waals surface area contributed by atoms with Crippen LogP contribution < -0.4 is 0 Å². The highest BCUT2D eigenvalue weighted by Crippen LogP contribution is 2.27. The molecule has 0 saturated carbocycles. The van der Waals surface area contributed by atoms with Crippen LogP contribution in [-0.4, -0.2) is 39.0 Å². The Morgan fingerprint density at radius 3 is 1.76 bits per heavy atom. The van der Waals surface area contributed by atoms with Gasteiger partial charge in [-0.1, -0.05) is 98.1 Å². The molecule has 0 fully saturated rings. The van der Waals surface area contributed by atoms with Gasteiger partial charge in [0.2, 0.25) is 0 Å². The van der Waals surface area contributed by atoms with Crippen molar-refractivity contribution in [2.24, 2.45) is 23.2 Å². The molecule has 0 aliphatic rings. The number of carbonyl (C=O) groups is 1. The summed E-state index contributed by atoms with van der Waals surface area (Å²) in [6.07, 6.45) is 15.7. The summed E-state index contributed by atoms with van der Waals surface area (Å²) in [4.78, 5) is 13.2. The molecule has 0 aliphatic heterocycles. The van der Waals surface area contributed by atoms with Crippen molar-refractivity contribution >= 4 is 5.97 Å². The van der Waals surface area contributed by atoms with Gasteiger partial charge >= 0.3 is 5.97 Å². The van der Waals surface area contributed by atoms with Crippen molar-refractivity contribution in [3.05, 3.63) is 25.3 Å². The Hall–Kier alpha value is -1.13. The minimum absolute atomic E-state index is 0.00889. The van der Waals surface area contributed by atoms with Crippen molar-refractivity contribution in [2.45, 2.75) is 105 Å². The number of unbranched alkanes of at least 4 members (excludes halogenated alkanes) is 2. The van der Waals surface area contributed by atoms with Crippen LogP contribution in [0.1, 0.15) is 105 Å². The fourth-order valence-electron chi connectivity index (χ4n) is 4.05. The highest BCUT2D eigenvalue weighted by atomic mass is 16.5. The van der Waals surface area contributed by atoms with Crippen LogP contribution in [0, 0.1) is 23.2 Å². The lowest BCUT2D eigenvalue weighted by atomic mass is 9.87. The smallest absolute Gasteiger partial charge is 0.308 e. The van der Waals surface area contributed by atoms with Gasteiger partial charge in [0.15, 0.2) is 0 Å². The van der Waals surface area contributed by atoms with E-state index in [4.69, 9.17) is 14.2 Å². The molecule has 4 nitrogen and oxygen atoms in total. The van der Waals surface area contributed by atoms with Gasteiger partial charge in [-0.2, -0.15) is 0 Å². The van der Waals surface area contributed by atoms with Gasteiger partial charge in [-0.25, -0.2) is 0 Å². The standard InChI is InChI=1S/C30H56O4/c1-8-21-32-23-30(12-5,24-33-22-9-2)25-34-29(31)28(20-16-18-27(7)11-4)19-15-13-14-17-26(6)10-3/h8-9,26-28H,1-2,10-25H2,3-7H3. The van der Waals surface area contributed by atoms with Crippen LogP contribution in [0.5, 0.6) is 0 Å².